The number of carboxylic acid groups (broad SMARTS) is 1. The molecule has 2 aliphatic rings. The van der Waals surface area contributed by atoms with Crippen LogP contribution in [-0.2, 0) is 20.7 Å². The van der Waals surface area contributed by atoms with Gasteiger partial charge in [-0.3, -0.25) is 0 Å². The van der Waals surface area contributed by atoms with E-state index in [1.165, 1.54) is 0 Å². The summed E-state index contributed by atoms with van der Waals surface area (Å²) < 4.78 is 17.7. The lowest BCUT2D eigenvalue weighted by molar-refractivity contribution is -0.139. The van der Waals surface area contributed by atoms with Crippen molar-refractivity contribution < 1.29 is 28.9 Å². The van der Waals surface area contributed by atoms with E-state index < -0.39 is 23.7 Å². The third-order valence-electron chi connectivity index (χ3n) is 6.33. The van der Waals surface area contributed by atoms with Crippen LogP contribution in [0.2, 0.25) is 0 Å². The molecule has 8 nitrogen and oxygen atoms in total. The van der Waals surface area contributed by atoms with Crippen LogP contribution in [0.5, 0.6) is 5.75 Å². The van der Waals surface area contributed by atoms with Crippen LogP contribution in [0.4, 0.5) is 4.79 Å². The highest BCUT2D eigenvalue weighted by Gasteiger charge is 2.27. The summed E-state index contributed by atoms with van der Waals surface area (Å²) in [6.07, 6.45) is 6.54. The number of amides is 1. The molecule has 1 unspecified atom stereocenters. The molecule has 190 valence electrons. The average Bonchev–Trinajstić information content (AvgIpc) is 2.76. The Morgan fingerprint density at radius 3 is 2.12 bits per heavy atom. The molecule has 1 atom stereocenters. The highest BCUT2D eigenvalue weighted by Crippen LogP contribution is 2.28. The van der Waals surface area contributed by atoms with Crippen molar-refractivity contribution in [1.29, 1.82) is 0 Å². The largest absolute Gasteiger partial charge is 0.490 e. The molecule has 0 bridgehead atoms. The minimum atomic E-state index is -1.11. The van der Waals surface area contributed by atoms with Crippen molar-refractivity contribution in [3.05, 3.63) is 29.8 Å². The lowest BCUT2D eigenvalue weighted by atomic mass is 9.94. The van der Waals surface area contributed by atoms with Crippen LogP contribution in [0.3, 0.4) is 0 Å². The van der Waals surface area contributed by atoms with Crippen molar-refractivity contribution in [2.75, 3.05) is 20.1 Å². The molecule has 1 saturated carbocycles. The SMILES string of the molecule is CN1CCC(OC2CCC(Oc3ccc(CC(NC(=O)OC(C)(C)C)C(=O)O)cc3)CC2)CC1. The van der Waals surface area contributed by atoms with E-state index in [-0.39, 0.29) is 12.5 Å². The number of alkyl carbamates (subject to hydrolysis) is 1. The molecule has 3 rings (SSSR count). The van der Waals surface area contributed by atoms with Gasteiger partial charge in [-0.2, -0.15) is 0 Å². The number of carboxylic acids is 1. The minimum absolute atomic E-state index is 0.161. The lowest BCUT2D eigenvalue weighted by Gasteiger charge is -2.35. The molecule has 1 aromatic rings. The second-order valence-electron chi connectivity index (χ2n) is 10.5. The summed E-state index contributed by atoms with van der Waals surface area (Å²) in [4.78, 5) is 25.9. The zero-order valence-corrected chi connectivity index (χ0v) is 20.9. The van der Waals surface area contributed by atoms with Gasteiger partial charge in [0.1, 0.15) is 17.4 Å². The fourth-order valence-electron chi connectivity index (χ4n) is 4.46. The van der Waals surface area contributed by atoms with Crippen LogP contribution in [0.15, 0.2) is 24.3 Å². The highest BCUT2D eigenvalue weighted by atomic mass is 16.6. The van der Waals surface area contributed by atoms with Gasteiger partial charge in [0.05, 0.1) is 18.3 Å². The third-order valence-corrected chi connectivity index (χ3v) is 6.33. The summed E-state index contributed by atoms with van der Waals surface area (Å²) in [6, 6.07) is 6.35. The van der Waals surface area contributed by atoms with E-state index >= 15 is 0 Å². The molecule has 1 amide bonds. The number of aliphatic carboxylic acids is 1. The zero-order chi connectivity index (χ0) is 24.7. The molecule has 1 heterocycles. The molecule has 1 aromatic carbocycles. The van der Waals surface area contributed by atoms with E-state index in [2.05, 4.69) is 17.3 Å². The van der Waals surface area contributed by atoms with Crippen molar-refractivity contribution in [1.82, 2.24) is 10.2 Å². The molecule has 1 aliphatic heterocycles. The Hall–Kier alpha value is -2.32. The predicted octanol–water partition coefficient (Wildman–Crippen LogP) is 4.01. The number of carbonyl (C=O) groups is 2. The molecular formula is C26H40N2O6. The monoisotopic (exact) mass is 476 g/mol. The number of nitrogens with one attached hydrogen (secondary N) is 1. The topological polar surface area (TPSA) is 97.3 Å². The van der Waals surface area contributed by atoms with Gasteiger partial charge in [-0.1, -0.05) is 12.1 Å². The van der Waals surface area contributed by atoms with Crippen LogP contribution >= 0.6 is 0 Å². The summed E-state index contributed by atoms with van der Waals surface area (Å²) in [6.45, 7) is 7.43. The quantitative estimate of drug-likeness (QED) is 0.585. The summed E-state index contributed by atoms with van der Waals surface area (Å²) in [5.41, 5.74) is 0.107. The maximum atomic E-state index is 12.0. The first kappa shape index (κ1) is 26.3. The Morgan fingerprint density at radius 1 is 1.00 bits per heavy atom. The fraction of sp³-hybridized carbons (Fsp3) is 0.692. The first-order valence-electron chi connectivity index (χ1n) is 12.4. The third kappa shape index (κ3) is 8.80. The van der Waals surface area contributed by atoms with Gasteiger partial charge in [0.2, 0.25) is 0 Å². The number of carbonyl (C=O) groups excluding carboxylic acids is 1. The van der Waals surface area contributed by atoms with Gasteiger partial charge >= 0.3 is 12.1 Å². The summed E-state index contributed by atoms with van der Waals surface area (Å²) in [7, 11) is 2.16. The number of piperidine rings is 1. The smallest absolute Gasteiger partial charge is 0.408 e. The first-order valence-corrected chi connectivity index (χ1v) is 12.4. The van der Waals surface area contributed by atoms with E-state index in [0.29, 0.717) is 12.2 Å². The van der Waals surface area contributed by atoms with Crippen molar-refractivity contribution in [3.8, 4) is 5.75 Å². The molecule has 2 fully saturated rings. The van der Waals surface area contributed by atoms with Gasteiger partial charge in [-0.25, -0.2) is 9.59 Å². The van der Waals surface area contributed by atoms with Crippen LogP contribution < -0.4 is 10.1 Å². The molecule has 0 radical (unpaired) electrons. The van der Waals surface area contributed by atoms with Crippen molar-refractivity contribution >= 4 is 12.1 Å². The van der Waals surface area contributed by atoms with Crippen molar-refractivity contribution in [2.45, 2.75) is 95.7 Å². The van der Waals surface area contributed by atoms with E-state index in [4.69, 9.17) is 14.2 Å². The first-order chi connectivity index (χ1) is 16.1. The summed E-state index contributed by atoms with van der Waals surface area (Å²) in [5, 5.41) is 11.9. The maximum Gasteiger partial charge on any atom is 0.408 e. The molecule has 1 saturated heterocycles. The number of hydrogen-bond acceptors (Lipinski definition) is 6. The zero-order valence-electron chi connectivity index (χ0n) is 20.9. The van der Waals surface area contributed by atoms with E-state index in [1.54, 1.807) is 20.8 Å². The number of rotatable bonds is 8. The highest BCUT2D eigenvalue weighted by molar-refractivity contribution is 5.80. The number of ether oxygens (including phenoxy) is 3. The second kappa shape index (κ2) is 11.9. The van der Waals surface area contributed by atoms with Gasteiger partial charge in [0, 0.05) is 19.5 Å². The number of likely N-dealkylation sites (tertiary alicyclic amines) is 1. The fourth-order valence-corrected chi connectivity index (χ4v) is 4.46. The van der Waals surface area contributed by atoms with E-state index in [1.807, 2.05) is 24.3 Å². The lowest BCUT2D eigenvalue weighted by Crippen LogP contribution is -2.44. The molecule has 34 heavy (non-hydrogen) atoms. The molecule has 0 spiro atoms. The normalized spacial score (nSPS) is 23.2. The van der Waals surface area contributed by atoms with E-state index in [9.17, 15) is 14.7 Å². The summed E-state index contributed by atoms with van der Waals surface area (Å²) in [5.74, 6) is -0.333. The molecule has 2 N–H and O–H groups in total. The van der Waals surface area contributed by atoms with Gasteiger partial charge in [-0.05, 0) is 84.0 Å². The molecule has 1 aliphatic carbocycles. The number of benzene rings is 1. The van der Waals surface area contributed by atoms with Gasteiger partial charge in [0.15, 0.2) is 0 Å². The number of nitrogens with zero attached hydrogens (tertiary/aromatic N) is 1. The predicted molar refractivity (Wildman–Crippen MR) is 129 cm³/mol. The minimum Gasteiger partial charge on any atom is -0.490 e. The molecule has 8 heteroatoms. The average molecular weight is 477 g/mol. The standard InChI is InChI=1S/C26H40N2O6/c1-26(2,3)34-25(31)27-23(24(29)30)17-18-5-7-19(8-6-18)32-20-9-11-21(12-10-20)33-22-13-15-28(4)16-14-22/h5-8,20-23H,9-17H2,1-4H3,(H,27,31)(H,29,30). The van der Waals surface area contributed by atoms with Crippen molar-refractivity contribution in [2.24, 2.45) is 0 Å². The van der Waals surface area contributed by atoms with Crippen LogP contribution in [0.1, 0.15) is 64.9 Å². The van der Waals surface area contributed by atoms with Crippen LogP contribution in [0.25, 0.3) is 0 Å². The molecular weight excluding hydrogens is 436 g/mol. The van der Waals surface area contributed by atoms with Gasteiger partial charge in [-0.15, -0.1) is 0 Å². The second-order valence-corrected chi connectivity index (χ2v) is 10.5. The van der Waals surface area contributed by atoms with Gasteiger partial charge in [0.25, 0.3) is 0 Å². The number of hydrogen-bond donors (Lipinski definition) is 2. The Balaban J connectivity index is 1.42. The Labute approximate surface area is 202 Å². The Kier molecular flexibility index (Phi) is 9.19. The Bertz CT molecular complexity index is 791. The van der Waals surface area contributed by atoms with Gasteiger partial charge < -0.3 is 29.5 Å². The maximum absolute atomic E-state index is 12.0. The van der Waals surface area contributed by atoms with Crippen LogP contribution in [0, 0.1) is 0 Å². The molecule has 0 aromatic heterocycles. The Morgan fingerprint density at radius 2 is 1.56 bits per heavy atom. The van der Waals surface area contributed by atoms with Crippen molar-refractivity contribution in [3.63, 3.8) is 0 Å². The summed E-state index contributed by atoms with van der Waals surface area (Å²) >= 11 is 0. The van der Waals surface area contributed by atoms with E-state index in [0.717, 1.165) is 62.9 Å². The van der Waals surface area contributed by atoms with Crippen LogP contribution in [-0.4, -0.2) is 72.2 Å².